The van der Waals surface area contributed by atoms with Gasteiger partial charge >= 0.3 is 0 Å². The van der Waals surface area contributed by atoms with Crippen LogP contribution in [0.2, 0.25) is 0 Å². The Labute approximate surface area is 77.6 Å². The third kappa shape index (κ3) is 1.95. The molecule has 1 aromatic heterocycles. The van der Waals surface area contributed by atoms with E-state index in [1.165, 1.54) is 0 Å². The summed E-state index contributed by atoms with van der Waals surface area (Å²) >= 11 is 0. The minimum absolute atomic E-state index is 0.775. The Morgan fingerprint density at radius 1 is 1.23 bits per heavy atom. The van der Waals surface area contributed by atoms with Gasteiger partial charge in [-0.2, -0.15) is 0 Å². The zero-order valence-corrected chi connectivity index (χ0v) is 7.73. The molecule has 0 radical (unpaired) electrons. The first-order valence-electron chi connectivity index (χ1n) is 4.47. The van der Waals surface area contributed by atoms with Crippen LogP contribution in [0.4, 0.5) is 5.95 Å². The average molecular weight is 179 g/mol. The minimum atomic E-state index is 0.775. The number of hydrogen-bond donors (Lipinski definition) is 0. The molecule has 0 saturated carbocycles. The highest BCUT2D eigenvalue weighted by Gasteiger charge is 2.12. The molecule has 1 saturated heterocycles. The zero-order chi connectivity index (χ0) is 9.10. The fourth-order valence-corrected chi connectivity index (χ4v) is 1.31. The summed E-state index contributed by atoms with van der Waals surface area (Å²) in [6, 6.07) is 0. The van der Waals surface area contributed by atoms with E-state index >= 15 is 0 Å². The lowest BCUT2D eigenvalue weighted by Crippen LogP contribution is -2.37. The van der Waals surface area contributed by atoms with Gasteiger partial charge in [0.05, 0.1) is 13.2 Å². The highest BCUT2D eigenvalue weighted by Crippen LogP contribution is 2.08. The molecule has 4 heteroatoms. The number of morpholine rings is 1. The fourth-order valence-electron chi connectivity index (χ4n) is 1.31. The molecular formula is C9H13N3O. The van der Waals surface area contributed by atoms with E-state index in [9.17, 15) is 0 Å². The van der Waals surface area contributed by atoms with Crippen LogP contribution >= 0.6 is 0 Å². The third-order valence-electron chi connectivity index (χ3n) is 2.06. The number of aryl methyl sites for hydroxylation is 1. The van der Waals surface area contributed by atoms with E-state index in [2.05, 4.69) is 14.9 Å². The van der Waals surface area contributed by atoms with Crippen molar-refractivity contribution in [2.75, 3.05) is 31.2 Å². The second-order valence-corrected chi connectivity index (χ2v) is 3.16. The van der Waals surface area contributed by atoms with Crippen molar-refractivity contribution >= 4 is 5.95 Å². The van der Waals surface area contributed by atoms with Gasteiger partial charge in [-0.05, 0) is 12.5 Å². The van der Waals surface area contributed by atoms with Crippen molar-refractivity contribution in [3.63, 3.8) is 0 Å². The number of anilines is 1. The Hall–Kier alpha value is -1.16. The first-order chi connectivity index (χ1) is 6.36. The molecule has 0 N–H and O–H groups in total. The summed E-state index contributed by atoms with van der Waals surface area (Å²) in [5.41, 5.74) is 1.09. The molecule has 4 nitrogen and oxygen atoms in total. The standard InChI is InChI=1S/C9H13N3O/c1-8-6-10-9(11-7-8)12-2-4-13-5-3-12/h6-7H,2-5H2,1H3. The predicted octanol–water partition coefficient (Wildman–Crippen LogP) is 0.622. The maximum absolute atomic E-state index is 5.25. The number of ether oxygens (including phenoxy) is 1. The maximum atomic E-state index is 5.25. The minimum Gasteiger partial charge on any atom is -0.378 e. The van der Waals surface area contributed by atoms with Crippen molar-refractivity contribution in [3.05, 3.63) is 18.0 Å². The van der Waals surface area contributed by atoms with Crippen LogP contribution in [0.1, 0.15) is 5.56 Å². The molecule has 0 bridgehead atoms. The van der Waals surface area contributed by atoms with E-state index in [0.29, 0.717) is 0 Å². The third-order valence-corrected chi connectivity index (χ3v) is 2.06. The van der Waals surface area contributed by atoms with Crippen LogP contribution in [-0.4, -0.2) is 36.3 Å². The molecule has 0 aliphatic carbocycles. The van der Waals surface area contributed by atoms with Gasteiger partial charge in [0.15, 0.2) is 0 Å². The summed E-state index contributed by atoms with van der Waals surface area (Å²) in [5.74, 6) is 0.814. The number of hydrogen-bond acceptors (Lipinski definition) is 4. The van der Waals surface area contributed by atoms with Crippen LogP contribution in [-0.2, 0) is 4.74 Å². The normalized spacial score (nSPS) is 17.5. The van der Waals surface area contributed by atoms with Gasteiger partial charge in [-0.3, -0.25) is 0 Å². The lowest BCUT2D eigenvalue weighted by Gasteiger charge is -2.26. The molecule has 1 aromatic rings. The first kappa shape index (κ1) is 8.44. The molecule has 70 valence electrons. The smallest absolute Gasteiger partial charge is 0.225 e. The summed E-state index contributed by atoms with van der Waals surface area (Å²) in [5, 5.41) is 0. The predicted molar refractivity (Wildman–Crippen MR) is 49.8 cm³/mol. The topological polar surface area (TPSA) is 38.2 Å². The van der Waals surface area contributed by atoms with Crippen LogP contribution in [0.25, 0.3) is 0 Å². The molecule has 0 spiro atoms. The molecule has 13 heavy (non-hydrogen) atoms. The van der Waals surface area contributed by atoms with Crippen LogP contribution in [0.3, 0.4) is 0 Å². The summed E-state index contributed by atoms with van der Waals surface area (Å²) < 4.78 is 5.25. The van der Waals surface area contributed by atoms with Crippen molar-refractivity contribution in [3.8, 4) is 0 Å². The molecule has 2 heterocycles. The van der Waals surface area contributed by atoms with E-state index in [-0.39, 0.29) is 0 Å². The SMILES string of the molecule is Cc1cnc(N2CCOCC2)nc1. The van der Waals surface area contributed by atoms with Gasteiger partial charge in [-0.25, -0.2) is 9.97 Å². The Balaban J connectivity index is 2.10. The lowest BCUT2D eigenvalue weighted by atomic mass is 10.4. The first-order valence-corrected chi connectivity index (χ1v) is 4.47. The number of rotatable bonds is 1. The Morgan fingerprint density at radius 2 is 1.85 bits per heavy atom. The Bertz CT molecular complexity index is 267. The highest BCUT2D eigenvalue weighted by molar-refractivity contribution is 5.29. The van der Waals surface area contributed by atoms with Crippen LogP contribution < -0.4 is 4.90 Å². The molecule has 0 amide bonds. The van der Waals surface area contributed by atoms with Gasteiger partial charge < -0.3 is 9.64 Å². The fraction of sp³-hybridized carbons (Fsp3) is 0.556. The van der Waals surface area contributed by atoms with Crippen LogP contribution in [0.15, 0.2) is 12.4 Å². The van der Waals surface area contributed by atoms with Crippen molar-refractivity contribution in [2.45, 2.75) is 6.92 Å². The molecule has 0 atom stereocenters. The van der Waals surface area contributed by atoms with E-state index < -0.39 is 0 Å². The van der Waals surface area contributed by atoms with Gasteiger partial charge in [-0.15, -0.1) is 0 Å². The summed E-state index contributed by atoms with van der Waals surface area (Å²) in [6.45, 7) is 5.32. The van der Waals surface area contributed by atoms with Crippen LogP contribution in [0.5, 0.6) is 0 Å². The van der Waals surface area contributed by atoms with Crippen molar-refractivity contribution in [1.29, 1.82) is 0 Å². The van der Waals surface area contributed by atoms with E-state index in [1.54, 1.807) is 0 Å². The summed E-state index contributed by atoms with van der Waals surface area (Å²) in [7, 11) is 0. The zero-order valence-electron chi connectivity index (χ0n) is 7.73. The summed E-state index contributed by atoms with van der Waals surface area (Å²) in [6.07, 6.45) is 3.69. The number of aromatic nitrogens is 2. The van der Waals surface area contributed by atoms with Gasteiger partial charge in [0.1, 0.15) is 0 Å². The van der Waals surface area contributed by atoms with Crippen LogP contribution in [0, 0.1) is 6.92 Å². The maximum Gasteiger partial charge on any atom is 0.225 e. The molecule has 0 aromatic carbocycles. The van der Waals surface area contributed by atoms with Gasteiger partial charge in [0, 0.05) is 25.5 Å². The largest absolute Gasteiger partial charge is 0.378 e. The number of nitrogens with zero attached hydrogens (tertiary/aromatic N) is 3. The van der Waals surface area contributed by atoms with Gasteiger partial charge in [-0.1, -0.05) is 0 Å². The second kappa shape index (κ2) is 3.70. The van der Waals surface area contributed by atoms with Gasteiger partial charge in [0.25, 0.3) is 0 Å². The van der Waals surface area contributed by atoms with E-state index in [1.807, 2.05) is 19.3 Å². The highest BCUT2D eigenvalue weighted by atomic mass is 16.5. The lowest BCUT2D eigenvalue weighted by molar-refractivity contribution is 0.122. The van der Waals surface area contributed by atoms with Crippen molar-refractivity contribution in [1.82, 2.24) is 9.97 Å². The molecule has 0 unspecified atom stereocenters. The molecule has 1 aliphatic rings. The van der Waals surface area contributed by atoms with E-state index in [0.717, 1.165) is 37.8 Å². The van der Waals surface area contributed by atoms with Gasteiger partial charge in [0.2, 0.25) is 5.95 Å². The molecule has 1 aliphatic heterocycles. The summed E-state index contributed by atoms with van der Waals surface area (Å²) in [4.78, 5) is 10.7. The Kier molecular flexibility index (Phi) is 2.40. The molecule has 1 fully saturated rings. The average Bonchev–Trinajstić information content (AvgIpc) is 2.20. The van der Waals surface area contributed by atoms with E-state index in [4.69, 9.17) is 4.74 Å². The Morgan fingerprint density at radius 3 is 2.46 bits per heavy atom. The van der Waals surface area contributed by atoms with Crippen molar-refractivity contribution < 1.29 is 4.74 Å². The quantitative estimate of drug-likeness (QED) is 0.633. The second-order valence-electron chi connectivity index (χ2n) is 3.16. The molecular weight excluding hydrogens is 166 g/mol. The van der Waals surface area contributed by atoms with Crippen molar-refractivity contribution in [2.24, 2.45) is 0 Å². The monoisotopic (exact) mass is 179 g/mol. The molecule has 2 rings (SSSR count).